The van der Waals surface area contributed by atoms with Gasteiger partial charge in [-0.15, -0.1) is 0 Å². The van der Waals surface area contributed by atoms with Gasteiger partial charge >= 0.3 is 37.9 Å². The summed E-state index contributed by atoms with van der Waals surface area (Å²) in [6, 6.07) is 0. The SMILES string of the molecule is CC(C)(C)CC1CCC([Si](C)(C)[Si](C)(C)C2CCC3C(Br)CCCC32)C1.[CH3-].[CH3-].[Cl][Zr+2][Cl]. The van der Waals surface area contributed by atoms with Gasteiger partial charge in [0.2, 0.25) is 0 Å². The van der Waals surface area contributed by atoms with Crippen LogP contribution in [0.25, 0.3) is 0 Å². The van der Waals surface area contributed by atoms with E-state index in [1.54, 1.807) is 25.7 Å². The van der Waals surface area contributed by atoms with Gasteiger partial charge in [0.1, 0.15) is 0 Å². The van der Waals surface area contributed by atoms with E-state index < -0.39 is 36.0 Å². The molecule has 0 radical (unpaired) electrons. The maximum atomic E-state index is 4.93. The zero-order valence-corrected chi connectivity index (χ0v) is 29.5. The fourth-order valence-electron chi connectivity index (χ4n) is 7.41. The molecule has 0 aromatic carbocycles. The molecule has 0 bridgehead atoms. The Morgan fingerprint density at radius 1 is 0.839 bits per heavy atom. The molecular formula is C25H51BrCl2Si2Zr. The second kappa shape index (κ2) is 13.6. The van der Waals surface area contributed by atoms with Crippen molar-refractivity contribution in [3.63, 3.8) is 0 Å². The van der Waals surface area contributed by atoms with E-state index in [1.165, 1.54) is 32.1 Å². The summed E-state index contributed by atoms with van der Waals surface area (Å²) in [5.74, 6) is 3.12. The van der Waals surface area contributed by atoms with Crippen LogP contribution in [0, 0.1) is 38.0 Å². The Kier molecular flexibility index (Phi) is 14.7. The van der Waals surface area contributed by atoms with E-state index in [4.69, 9.17) is 17.0 Å². The molecule has 3 aliphatic rings. The van der Waals surface area contributed by atoms with Crippen LogP contribution in [-0.4, -0.2) is 20.0 Å². The zero-order valence-electron chi connectivity index (χ0n) is 22.0. The summed E-state index contributed by atoms with van der Waals surface area (Å²) in [5.41, 5.74) is 2.78. The van der Waals surface area contributed by atoms with E-state index in [2.05, 4.69) is 62.9 Å². The molecule has 0 nitrogen and oxygen atoms in total. The van der Waals surface area contributed by atoms with Crippen LogP contribution in [0.4, 0.5) is 0 Å². The topological polar surface area (TPSA) is 0 Å². The number of hydrogen-bond donors (Lipinski definition) is 0. The zero-order chi connectivity index (χ0) is 22.0. The van der Waals surface area contributed by atoms with E-state index in [-0.39, 0.29) is 14.9 Å². The van der Waals surface area contributed by atoms with E-state index in [9.17, 15) is 0 Å². The predicted molar refractivity (Wildman–Crippen MR) is 151 cm³/mol. The molecule has 0 N–H and O–H groups in total. The molecule has 0 heterocycles. The molecule has 3 saturated carbocycles. The molecule has 6 atom stereocenters. The monoisotopic (exact) mass is 646 g/mol. The number of hydrogen-bond acceptors (Lipinski definition) is 0. The number of halogens is 3. The quantitative estimate of drug-likeness (QED) is 0.162. The first-order valence-corrected chi connectivity index (χ1v) is 26.4. The Morgan fingerprint density at radius 2 is 1.42 bits per heavy atom. The van der Waals surface area contributed by atoms with Gasteiger partial charge in [-0.25, -0.2) is 0 Å². The third-order valence-electron chi connectivity index (χ3n) is 9.41. The third kappa shape index (κ3) is 8.20. The number of alkyl halides is 1. The minimum absolute atomic E-state index is 0. The standard InChI is InChI=1S/C23H45BrSi2.2CH3.2ClH.Zr/c1-23(2,3)16-17-11-12-18(15-17)25(4,5)26(6,7)22-14-13-19-20(22)9-8-10-21(19)24;;;;;/h17-22H,8-16H2,1-7H3;2*1H3;2*1H;/q;2*-1;;;+4/p-2. The van der Waals surface area contributed by atoms with Crippen LogP contribution in [0.15, 0.2) is 0 Å². The average Bonchev–Trinajstić information content (AvgIpc) is 3.22. The van der Waals surface area contributed by atoms with Crippen molar-refractivity contribution < 1.29 is 20.8 Å². The van der Waals surface area contributed by atoms with Crippen LogP contribution >= 0.6 is 33.0 Å². The molecule has 6 unspecified atom stereocenters. The molecule has 3 fully saturated rings. The minimum atomic E-state index is -1.17. The summed E-state index contributed by atoms with van der Waals surface area (Å²) in [4.78, 5) is 0.837. The van der Waals surface area contributed by atoms with Gasteiger partial charge in [-0.1, -0.05) is 101 Å². The Labute approximate surface area is 225 Å². The molecule has 0 saturated heterocycles. The van der Waals surface area contributed by atoms with E-state index >= 15 is 0 Å². The van der Waals surface area contributed by atoms with Crippen molar-refractivity contribution in [2.45, 2.75) is 121 Å². The van der Waals surface area contributed by atoms with Crippen molar-refractivity contribution in [2.75, 3.05) is 0 Å². The molecule has 3 aliphatic carbocycles. The van der Waals surface area contributed by atoms with Crippen molar-refractivity contribution in [3.05, 3.63) is 14.9 Å². The second-order valence-electron chi connectivity index (χ2n) is 12.6. The normalized spacial score (nSPS) is 33.2. The first kappa shape index (κ1) is 33.4. The average molecular weight is 650 g/mol. The molecule has 0 aliphatic heterocycles. The van der Waals surface area contributed by atoms with Gasteiger partial charge in [0.15, 0.2) is 0 Å². The summed E-state index contributed by atoms with van der Waals surface area (Å²) >= 11 is 3.24. The molecule has 0 aromatic rings. The van der Waals surface area contributed by atoms with Crippen molar-refractivity contribution in [1.82, 2.24) is 0 Å². The molecule has 31 heavy (non-hydrogen) atoms. The van der Waals surface area contributed by atoms with E-state index in [0.717, 1.165) is 33.7 Å². The van der Waals surface area contributed by atoms with Crippen LogP contribution in [0.5, 0.6) is 0 Å². The first-order chi connectivity index (χ1) is 13.3. The van der Waals surface area contributed by atoms with Crippen LogP contribution in [0.3, 0.4) is 0 Å². The van der Waals surface area contributed by atoms with Crippen molar-refractivity contribution in [1.29, 1.82) is 0 Å². The number of fused-ring (bicyclic) bond motifs is 1. The third-order valence-corrected chi connectivity index (χ3v) is 31.3. The molecular weight excluding hydrogens is 598 g/mol. The Morgan fingerprint density at radius 3 is 1.97 bits per heavy atom. The Hall–Kier alpha value is 2.38. The second-order valence-corrected chi connectivity index (χ2v) is 33.7. The van der Waals surface area contributed by atoms with Crippen LogP contribution in [0.2, 0.25) is 37.3 Å². The summed E-state index contributed by atoms with van der Waals surface area (Å²) in [6.07, 6.45) is 13.7. The maximum absolute atomic E-state index is 4.93. The predicted octanol–water partition coefficient (Wildman–Crippen LogP) is 10.7. The van der Waals surface area contributed by atoms with Gasteiger partial charge < -0.3 is 14.9 Å². The summed E-state index contributed by atoms with van der Waals surface area (Å²) in [7, 11) is 7.54. The van der Waals surface area contributed by atoms with Gasteiger partial charge in [0, 0.05) is 20.0 Å². The van der Waals surface area contributed by atoms with Crippen LogP contribution in [-0.2, 0) is 20.8 Å². The van der Waals surface area contributed by atoms with Crippen molar-refractivity contribution >= 4 is 48.1 Å². The van der Waals surface area contributed by atoms with E-state index in [0.29, 0.717) is 5.41 Å². The van der Waals surface area contributed by atoms with E-state index in [1.807, 2.05) is 0 Å². The summed E-state index contributed by atoms with van der Waals surface area (Å²) < 4.78 is 0. The molecule has 0 amide bonds. The summed E-state index contributed by atoms with van der Waals surface area (Å²) in [6.45, 7) is 18.7. The van der Waals surface area contributed by atoms with Gasteiger partial charge in [0.05, 0.1) is 0 Å². The molecule has 0 spiro atoms. The fourth-order valence-corrected chi connectivity index (χ4v) is 22.5. The van der Waals surface area contributed by atoms with Gasteiger partial charge in [-0.2, -0.15) is 0 Å². The molecule has 3 rings (SSSR count). The molecule has 6 heteroatoms. The van der Waals surface area contributed by atoms with Crippen LogP contribution < -0.4 is 0 Å². The van der Waals surface area contributed by atoms with Crippen LogP contribution in [0.1, 0.15) is 78.6 Å². The van der Waals surface area contributed by atoms with Gasteiger partial charge in [-0.05, 0) is 53.5 Å². The van der Waals surface area contributed by atoms with Crippen molar-refractivity contribution in [2.24, 2.45) is 23.2 Å². The summed E-state index contributed by atoms with van der Waals surface area (Å²) in [5, 5.41) is 0. The van der Waals surface area contributed by atoms with Crippen molar-refractivity contribution in [3.8, 4) is 0 Å². The molecule has 184 valence electrons. The Balaban J connectivity index is 0.00000170. The first-order valence-electron chi connectivity index (χ1n) is 12.0. The fraction of sp³-hybridized carbons (Fsp3) is 0.920. The van der Waals surface area contributed by atoms with Gasteiger partial charge in [0.25, 0.3) is 0 Å². The number of rotatable bonds is 4. The van der Waals surface area contributed by atoms with Gasteiger partial charge in [-0.3, -0.25) is 0 Å². The Bertz CT molecular complexity index is 524. The molecule has 0 aromatic heterocycles.